The molecule has 0 radical (unpaired) electrons. The van der Waals surface area contributed by atoms with Crippen LogP contribution in [0.15, 0.2) is 65.6 Å². The first-order valence-electron chi connectivity index (χ1n) is 11.2. The third-order valence-electron chi connectivity index (χ3n) is 6.13. The van der Waals surface area contributed by atoms with E-state index in [4.69, 9.17) is 16.3 Å². The molecule has 7 nitrogen and oxygen atoms in total. The van der Waals surface area contributed by atoms with E-state index in [0.29, 0.717) is 44.8 Å². The van der Waals surface area contributed by atoms with Gasteiger partial charge >= 0.3 is 5.97 Å². The van der Waals surface area contributed by atoms with Crippen molar-refractivity contribution in [2.45, 2.75) is 19.8 Å². The van der Waals surface area contributed by atoms with Gasteiger partial charge in [0.05, 0.1) is 10.9 Å². The van der Waals surface area contributed by atoms with Gasteiger partial charge in [-0.05, 0) is 72.4 Å². The molecule has 0 aliphatic carbocycles. The second kappa shape index (κ2) is 9.27. The summed E-state index contributed by atoms with van der Waals surface area (Å²) in [5.74, 6) is 1.18. The van der Waals surface area contributed by atoms with Crippen LogP contribution in [-0.2, 0) is 0 Å². The van der Waals surface area contributed by atoms with Gasteiger partial charge in [0, 0.05) is 24.3 Å². The van der Waals surface area contributed by atoms with Gasteiger partial charge in [-0.3, -0.25) is 9.78 Å². The number of anilines is 1. The minimum absolute atomic E-state index is 0.222. The summed E-state index contributed by atoms with van der Waals surface area (Å²) in [6, 6.07) is 15.3. The zero-order valence-corrected chi connectivity index (χ0v) is 19.4. The number of ether oxygens (including phenoxy) is 1. The Kier molecular flexibility index (Phi) is 6.02. The van der Waals surface area contributed by atoms with E-state index >= 15 is 0 Å². The monoisotopic (exact) mass is 474 g/mol. The summed E-state index contributed by atoms with van der Waals surface area (Å²) in [6.45, 7) is 3.97. The predicted octanol–water partition coefficient (Wildman–Crippen LogP) is 5.09. The van der Waals surface area contributed by atoms with Gasteiger partial charge in [-0.25, -0.2) is 9.78 Å². The molecule has 1 fully saturated rings. The molecule has 5 rings (SSSR count). The molecule has 0 unspecified atom stereocenters. The van der Waals surface area contributed by atoms with Crippen LogP contribution in [0.3, 0.4) is 0 Å². The maximum Gasteiger partial charge on any atom is 0.343 e. The topological polar surface area (TPSA) is 88.2 Å². The molecule has 1 N–H and O–H groups in total. The van der Waals surface area contributed by atoms with Crippen molar-refractivity contribution in [3.63, 3.8) is 0 Å². The van der Waals surface area contributed by atoms with Crippen molar-refractivity contribution in [3.8, 4) is 16.9 Å². The molecule has 0 atom stereocenters. The van der Waals surface area contributed by atoms with Crippen molar-refractivity contribution < 1.29 is 9.53 Å². The standard InChI is InChI=1S/C26H23ClN4O3/c1-16-11-14-31(15-12-16)26-29-23-22(24(32)30-26)21(10-13-28-23)17-4-8-20(9-5-17)34-25(33)18-2-6-19(27)7-3-18/h2-10,13,16H,11-12,14-15H2,1H3,(H,28,29,30,32). The van der Waals surface area contributed by atoms with Crippen LogP contribution in [0.4, 0.5) is 5.95 Å². The highest BCUT2D eigenvalue weighted by molar-refractivity contribution is 6.30. The molecule has 8 heteroatoms. The van der Waals surface area contributed by atoms with Gasteiger partial charge in [0.1, 0.15) is 5.75 Å². The second-order valence-corrected chi connectivity index (χ2v) is 8.97. The van der Waals surface area contributed by atoms with Crippen LogP contribution in [0, 0.1) is 5.92 Å². The van der Waals surface area contributed by atoms with E-state index in [1.807, 2.05) is 0 Å². The third-order valence-corrected chi connectivity index (χ3v) is 6.39. The van der Waals surface area contributed by atoms with Crippen LogP contribution >= 0.6 is 11.6 Å². The van der Waals surface area contributed by atoms with Crippen molar-refractivity contribution in [2.75, 3.05) is 18.0 Å². The Morgan fingerprint density at radius 2 is 1.76 bits per heavy atom. The van der Waals surface area contributed by atoms with Crippen LogP contribution in [0.25, 0.3) is 22.2 Å². The molecule has 2 aromatic carbocycles. The number of aromatic nitrogens is 3. The first kappa shape index (κ1) is 22.1. The van der Waals surface area contributed by atoms with Gasteiger partial charge in [-0.15, -0.1) is 0 Å². The lowest BCUT2D eigenvalue weighted by Gasteiger charge is -2.30. The fourth-order valence-corrected chi connectivity index (χ4v) is 4.24. The zero-order chi connectivity index (χ0) is 23.7. The number of pyridine rings is 1. The number of H-pyrrole nitrogens is 1. The lowest BCUT2D eigenvalue weighted by atomic mass is 10.00. The van der Waals surface area contributed by atoms with Crippen molar-refractivity contribution in [1.29, 1.82) is 0 Å². The number of carbonyl (C=O) groups excluding carboxylic acids is 1. The van der Waals surface area contributed by atoms with Crippen molar-refractivity contribution in [2.24, 2.45) is 5.92 Å². The molecule has 1 saturated heterocycles. The highest BCUT2D eigenvalue weighted by Crippen LogP contribution is 2.28. The van der Waals surface area contributed by atoms with Crippen LogP contribution in [-0.4, -0.2) is 34.0 Å². The highest BCUT2D eigenvalue weighted by atomic mass is 35.5. The summed E-state index contributed by atoms with van der Waals surface area (Å²) >= 11 is 5.87. The number of hydrogen-bond donors (Lipinski definition) is 1. The Bertz CT molecular complexity index is 1390. The first-order valence-corrected chi connectivity index (χ1v) is 11.6. The Hall–Kier alpha value is -3.71. The van der Waals surface area contributed by atoms with Crippen LogP contribution in [0.2, 0.25) is 5.02 Å². The number of piperidine rings is 1. The molecule has 4 aromatic rings. The SMILES string of the molecule is CC1CCN(c2nc3nccc(-c4ccc(OC(=O)c5ccc(Cl)cc5)cc4)c3c(=O)[nH]2)CC1. The molecule has 1 aliphatic heterocycles. The number of hydrogen-bond acceptors (Lipinski definition) is 6. The molecule has 0 spiro atoms. The van der Waals surface area contributed by atoms with Gasteiger partial charge in [0.2, 0.25) is 5.95 Å². The van der Waals surface area contributed by atoms with Gasteiger partial charge in [0.15, 0.2) is 5.65 Å². The van der Waals surface area contributed by atoms with Gasteiger partial charge in [0.25, 0.3) is 5.56 Å². The molecular formula is C26H23ClN4O3. The maximum absolute atomic E-state index is 13.1. The fourth-order valence-electron chi connectivity index (χ4n) is 4.12. The van der Waals surface area contributed by atoms with Crippen LogP contribution in [0.5, 0.6) is 5.75 Å². The van der Waals surface area contributed by atoms with Crippen molar-refractivity contribution in [1.82, 2.24) is 15.0 Å². The lowest BCUT2D eigenvalue weighted by Crippen LogP contribution is -2.35. The van der Waals surface area contributed by atoms with E-state index in [-0.39, 0.29) is 5.56 Å². The summed E-state index contributed by atoms with van der Waals surface area (Å²) in [5.41, 5.74) is 2.11. The average molecular weight is 475 g/mol. The Morgan fingerprint density at radius 1 is 1.06 bits per heavy atom. The van der Waals surface area contributed by atoms with Crippen molar-refractivity contribution in [3.05, 3.63) is 81.7 Å². The third kappa shape index (κ3) is 4.52. The molecule has 2 aromatic heterocycles. The smallest absolute Gasteiger partial charge is 0.343 e. The normalized spacial score (nSPS) is 14.4. The number of carbonyl (C=O) groups is 1. The summed E-state index contributed by atoms with van der Waals surface area (Å²) < 4.78 is 5.45. The number of nitrogens with one attached hydrogen (secondary N) is 1. The number of aromatic amines is 1. The number of halogens is 1. The fraction of sp³-hybridized carbons (Fsp3) is 0.231. The van der Waals surface area contributed by atoms with Crippen LogP contribution in [0.1, 0.15) is 30.1 Å². The minimum atomic E-state index is -0.473. The van der Waals surface area contributed by atoms with E-state index in [2.05, 4.69) is 26.8 Å². The average Bonchev–Trinajstić information content (AvgIpc) is 2.85. The van der Waals surface area contributed by atoms with E-state index in [9.17, 15) is 9.59 Å². The Balaban J connectivity index is 1.41. The van der Waals surface area contributed by atoms with E-state index < -0.39 is 5.97 Å². The number of fused-ring (bicyclic) bond motifs is 1. The molecule has 1 aliphatic rings. The quantitative estimate of drug-likeness (QED) is 0.327. The predicted molar refractivity (Wildman–Crippen MR) is 133 cm³/mol. The van der Waals surface area contributed by atoms with Gasteiger partial charge < -0.3 is 9.64 Å². The zero-order valence-electron chi connectivity index (χ0n) is 18.6. The van der Waals surface area contributed by atoms with Crippen LogP contribution < -0.4 is 15.2 Å². The number of benzene rings is 2. The summed E-state index contributed by atoms with van der Waals surface area (Å²) in [7, 11) is 0. The first-order chi connectivity index (χ1) is 16.5. The molecule has 0 bridgehead atoms. The molecule has 3 heterocycles. The number of rotatable bonds is 4. The summed E-state index contributed by atoms with van der Waals surface area (Å²) in [6.07, 6.45) is 3.80. The van der Waals surface area contributed by atoms with Crippen molar-refractivity contribution >= 4 is 34.6 Å². The molecule has 34 heavy (non-hydrogen) atoms. The molecule has 172 valence electrons. The van der Waals surface area contributed by atoms with E-state index in [1.165, 1.54) is 0 Å². The number of nitrogens with zero attached hydrogens (tertiary/aromatic N) is 3. The lowest BCUT2D eigenvalue weighted by molar-refractivity contribution is 0.0735. The largest absolute Gasteiger partial charge is 0.423 e. The molecule has 0 saturated carbocycles. The highest BCUT2D eigenvalue weighted by Gasteiger charge is 2.20. The van der Waals surface area contributed by atoms with Gasteiger partial charge in [-0.2, -0.15) is 4.98 Å². The summed E-state index contributed by atoms with van der Waals surface area (Å²) in [4.78, 5) is 39.5. The minimum Gasteiger partial charge on any atom is -0.423 e. The Labute approximate surface area is 201 Å². The second-order valence-electron chi connectivity index (χ2n) is 8.54. The van der Waals surface area contributed by atoms with E-state index in [1.54, 1.807) is 60.8 Å². The van der Waals surface area contributed by atoms with Gasteiger partial charge in [-0.1, -0.05) is 30.7 Å². The molecular weight excluding hydrogens is 452 g/mol. The number of esters is 1. The summed E-state index contributed by atoms with van der Waals surface area (Å²) in [5, 5.41) is 0.982. The van der Waals surface area contributed by atoms with E-state index in [0.717, 1.165) is 31.5 Å². The molecule has 0 amide bonds. The maximum atomic E-state index is 13.1. The Morgan fingerprint density at radius 3 is 2.47 bits per heavy atom.